The number of hydrogen-bond donors (Lipinski definition) is 1. The summed E-state index contributed by atoms with van der Waals surface area (Å²) in [6.07, 6.45) is 0. The minimum atomic E-state index is -5.14. The summed E-state index contributed by atoms with van der Waals surface area (Å²) in [5.74, 6) is 0. The third-order valence-corrected chi connectivity index (χ3v) is 0. The Labute approximate surface area is 142 Å². The molecule has 9 heavy (non-hydrogen) atoms. The van der Waals surface area contributed by atoms with E-state index in [1.807, 2.05) is 0 Å². The van der Waals surface area contributed by atoms with Crippen molar-refractivity contribution in [2.24, 2.45) is 0 Å². The Balaban J connectivity index is -0.0000000133. The van der Waals surface area contributed by atoms with Crippen molar-refractivity contribution in [2.75, 3.05) is 0 Å². The van der Waals surface area contributed by atoms with E-state index in [0.29, 0.717) is 0 Å². The summed E-state index contributed by atoms with van der Waals surface area (Å²) in [7, 11) is -5.14. The first-order valence-corrected chi connectivity index (χ1v) is 2.24. The van der Waals surface area contributed by atoms with Crippen molar-refractivity contribution in [3.8, 4) is 0 Å². The minimum Gasteiger partial charge on any atom is -0.790 e. The van der Waals surface area contributed by atoms with Crippen molar-refractivity contribution in [2.45, 2.75) is 0 Å². The van der Waals surface area contributed by atoms with E-state index in [0.717, 1.165) is 0 Å². The summed E-state index contributed by atoms with van der Waals surface area (Å²) in [6, 6.07) is 0. The SMILES string of the molecule is O=P([O-])([O-])O.[Na+].[Na+].[Na+].[Na+]. The van der Waals surface area contributed by atoms with Gasteiger partial charge in [-0.1, -0.05) is 0 Å². The Morgan fingerprint density at radius 1 is 1.00 bits per heavy atom. The van der Waals surface area contributed by atoms with E-state index in [1.54, 1.807) is 0 Å². The topological polar surface area (TPSA) is 83.4 Å². The number of rotatable bonds is 0. The molecule has 0 bridgehead atoms. The van der Waals surface area contributed by atoms with Crippen LogP contribution >= 0.6 is 7.82 Å². The summed E-state index contributed by atoms with van der Waals surface area (Å²) in [5.41, 5.74) is 0. The first-order chi connectivity index (χ1) is 2.00. The molecule has 0 aliphatic rings. The first-order valence-electron chi connectivity index (χ1n) is 0.748. The maximum Gasteiger partial charge on any atom is 1.00 e. The molecule has 0 aromatic rings. The molecule has 0 amide bonds. The van der Waals surface area contributed by atoms with Gasteiger partial charge in [0.1, 0.15) is 0 Å². The predicted octanol–water partition coefficient (Wildman–Crippen LogP) is -14.2. The van der Waals surface area contributed by atoms with Crippen molar-refractivity contribution in [3.63, 3.8) is 0 Å². The average molecular weight is 188 g/mol. The van der Waals surface area contributed by atoms with E-state index >= 15 is 0 Å². The van der Waals surface area contributed by atoms with Crippen LogP contribution in [0.2, 0.25) is 0 Å². The van der Waals surface area contributed by atoms with Crippen molar-refractivity contribution in [1.82, 2.24) is 0 Å². The predicted molar refractivity (Wildman–Crippen MR) is 9.83 cm³/mol. The molecule has 0 heterocycles. The Morgan fingerprint density at radius 3 is 1.00 bits per heavy atom. The third-order valence-electron chi connectivity index (χ3n) is 0. The molecule has 0 saturated carbocycles. The molecule has 0 atom stereocenters. The fraction of sp³-hybridized carbons (Fsp3) is 0. The average Bonchev–Trinajstić information content (AvgIpc) is 0.722. The van der Waals surface area contributed by atoms with Gasteiger partial charge in [-0.15, -0.1) is 0 Å². The molecule has 4 nitrogen and oxygen atoms in total. The van der Waals surface area contributed by atoms with Crippen LogP contribution in [0.25, 0.3) is 0 Å². The number of hydrogen-bond acceptors (Lipinski definition) is 3. The molecule has 0 aliphatic heterocycles. The van der Waals surface area contributed by atoms with Crippen LogP contribution in [0, 0.1) is 0 Å². The standard InChI is InChI=1S/4Na.H3O4P/c;;;;1-5(2,3)4/h;;;;(H3,1,2,3,4)/q4*+1;/p-2. The zero-order chi connectivity index (χ0) is 4.50. The molecular weight excluding hydrogens is 187 g/mol. The van der Waals surface area contributed by atoms with Gasteiger partial charge in [-0.3, -0.25) is 0 Å². The smallest absolute Gasteiger partial charge is 0.790 e. The minimum absolute atomic E-state index is 0. The fourth-order valence-electron chi connectivity index (χ4n) is 0. The van der Waals surface area contributed by atoms with Crippen molar-refractivity contribution < 1.29 is 137 Å². The zero-order valence-electron chi connectivity index (χ0n) is 6.12. The van der Waals surface area contributed by atoms with E-state index < -0.39 is 7.82 Å². The van der Waals surface area contributed by atoms with Crippen molar-refractivity contribution in [1.29, 1.82) is 0 Å². The van der Waals surface area contributed by atoms with Crippen LogP contribution in [0.3, 0.4) is 0 Å². The van der Waals surface area contributed by atoms with Crippen molar-refractivity contribution >= 4 is 7.82 Å². The second-order valence-electron chi connectivity index (χ2n) is 0.469. The van der Waals surface area contributed by atoms with E-state index in [1.165, 1.54) is 0 Å². The Bertz CT molecular complexity index is 58.7. The first kappa shape index (κ1) is 29.2. The van der Waals surface area contributed by atoms with E-state index in [2.05, 4.69) is 0 Å². The zero-order valence-corrected chi connectivity index (χ0v) is 15.0. The molecule has 0 rings (SSSR count). The van der Waals surface area contributed by atoms with Gasteiger partial charge in [0.25, 0.3) is 0 Å². The quantitative estimate of drug-likeness (QED) is 0.302. The van der Waals surface area contributed by atoms with Gasteiger partial charge in [0.05, 0.1) is 7.82 Å². The summed E-state index contributed by atoms with van der Waals surface area (Å²) in [6.45, 7) is 0. The largest absolute Gasteiger partial charge is 1.00 e. The Hall–Kier alpha value is 4.11. The van der Waals surface area contributed by atoms with E-state index in [9.17, 15) is 0 Å². The molecule has 0 aromatic heterocycles. The summed E-state index contributed by atoms with van der Waals surface area (Å²) in [5, 5.41) is 0. The van der Waals surface area contributed by atoms with E-state index in [4.69, 9.17) is 19.2 Å². The van der Waals surface area contributed by atoms with Crippen LogP contribution in [-0.2, 0) is 4.57 Å². The van der Waals surface area contributed by atoms with Gasteiger partial charge >= 0.3 is 118 Å². The molecule has 0 aliphatic carbocycles. The second kappa shape index (κ2) is 14.6. The van der Waals surface area contributed by atoms with Crippen LogP contribution in [0.15, 0.2) is 0 Å². The Morgan fingerprint density at radius 2 is 1.00 bits per heavy atom. The van der Waals surface area contributed by atoms with Gasteiger partial charge in [-0.25, -0.2) is 0 Å². The molecule has 1 N–H and O–H groups in total. The summed E-state index contributed by atoms with van der Waals surface area (Å²) in [4.78, 5) is 24.3. The maximum absolute atomic E-state index is 8.66. The Kier molecular flexibility index (Phi) is 47.5. The molecular formula is HNa4O4P+2. The summed E-state index contributed by atoms with van der Waals surface area (Å²) < 4.78 is 8.66. The van der Waals surface area contributed by atoms with Crippen LogP contribution in [0.1, 0.15) is 0 Å². The number of phosphoric acid groups is 1. The molecule has 0 spiro atoms. The molecule has 0 fully saturated rings. The van der Waals surface area contributed by atoms with Gasteiger partial charge in [0.2, 0.25) is 0 Å². The van der Waals surface area contributed by atoms with Gasteiger partial charge in [-0.2, -0.15) is 0 Å². The van der Waals surface area contributed by atoms with Gasteiger partial charge in [-0.05, 0) is 0 Å². The molecule has 0 aromatic carbocycles. The van der Waals surface area contributed by atoms with Crippen LogP contribution in [-0.4, -0.2) is 4.89 Å². The molecule has 0 unspecified atom stereocenters. The molecule has 9 heteroatoms. The fourth-order valence-corrected chi connectivity index (χ4v) is 0. The molecule has 32 valence electrons. The van der Waals surface area contributed by atoms with Crippen LogP contribution in [0.4, 0.5) is 0 Å². The van der Waals surface area contributed by atoms with E-state index in [-0.39, 0.29) is 118 Å². The van der Waals surface area contributed by atoms with Gasteiger partial charge in [0.15, 0.2) is 0 Å². The maximum atomic E-state index is 8.66. The third kappa shape index (κ3) is 73.3. The van der Waals surface area contributed by atoms with Gasteiger partial charge < -0.3 is 19.2 Å². The van der Waals surface area contributed by atoms with Crippen LogP contribution in [0.5, 0.6) is 0 Å². The summed E-state index contributed by atoms with van der Waals surface area (Å²) >= 11 is 0. The monoisotopic (exact) mass is 188 g/mol. The van der Waals surface area contributed by atoms with Gasteiger partial charge in [0, 0.05) is 0 Å². The normalized spacial score (nSPS) is 6.56. The molecule has 0 saturated heterocycles. The molecule has 0 radical (unpaired) electrons. The second-order valence-corrected chi connectivity index (χ2v) is 1.41. The van der Waals surface area contributed by atoms with Crippen molar-refractivity contribution in [3.05, 3.63) is 0 Å². The van der Waals surface area contributed by atoms with Crippen LogP contribution < -0.4 is 128 Å².